The third-order valence-electron chi connectivity index (χ3n) is 2.53. The summed E-state index contributed by atoms with van der Waals surface area (Å²) in [5, 5.41) is 12.9. The van der Waals surface area contributed by atoms with Crippen molar-refractivity contribution in [2.45, 2.75) is 20.0 Å². The molecule has 0 aromatic carbocycles. The fraction of sp³-hybridized carbons (Fsp3) is 0.273. The van der Waals surface area contributed by atoms with Crippen LogP contribution in [0.2, 0.25) is 0 Å². The van der Waals surface area contributed by atoms with Crippen LogP contribution in [0, 0.1) is 0 Å². The monoisotopic (exact) mass is 248 g/mol. The van der Waals surface area contributed by atoms with Gasteiger partial charge in [0.25, 0.3) is 0 Å². The summed E-state index contributed by atoms with van der Waals surface area (Å²) in [4.78, 5) is 26.2. The van der Waals surface area contributed by atoms with Crippen molar-refractivity contribution in [2.24, 2.45) is 0 Å². The van der Waals surface area contributed by atoms with Crippen LogP contribution in [0.15, 0.2) is 29.6 Å². The van der Waals surface area contributed by atoms with Crippen molar-refractivity contribution in [3.8, 4) is 0 Å². The van der Waals surface area contributed by atoms with Gasteiger partial charge in [-0.25, -0.2) is 14.5 Å². The maximum absolute atomic E-state index is 11.3. The van der Waals surface area contributed by atoms with Crippen molar-refractivity contribution >= 4 is 5.97 Å². The Morgan fingerprint density at radius 2 is 2.28 bits per heavy atom. The summed E-state index contributed by atoms with van der Waals surface area (Å²) in [5.41, 5.74) is -0.754. The summed E-state index contributed by atoms with van der Waals surface area (Å²) in [6.45, 7) is 2.99. The number of nitrogens with zero attached hydrogens (tertiary/aromatic N) is 4. The zero-order chi connectivity index (χ0) is 13.1. The number of rotatable bonds is 4. The summed E-state index contributed by atoms with van der Waals surface area (Å²) in [5.74, 6) is -0.524. The maximum Gasteiger partial charge on any atom is 0.341 e. The van der Waals surface area contributed by atoms with Gasteiger partial charge in [0.05, 0.1) is 6.54 Å². The van der Waals surface area contributed by atoms with Gasteiger partial charge in [0.2, 0.25) is 0 Å². The number of aryl methyl sites for hydroxylation is 1. The smallest absolute Gasteiger partial charge is 0.341 e. The number of carboxylic acid groups (broad SMARTS) is 1. The van der Waals surface area contributed by atoms with E-state index in [-0.39, 0.29) is 5.56 Å². The lowest BCUT2D eigenvalue weighted by molar-refractivity contribution is 0.0694. The molecule has 0 spiro atoms. The summed E-state index contributed by atoms with van der Waals surface area (Å²) in [6.07, 6.45) is 4.28. The van der Waals surface area contributed by atoms with Crippen LogP contribution in [0.4, 0.5) is 0 Å². The van der Waals surface area contributed by atoms with Gasteiger partial charge < -0.3 is 9.67 Å². The highest BCUT2D eigenvalue weighted by Crippen LogP contribution is 2.00. The van der Waals surface area contributed by atoms with Gasteiger partial charge in [-0.05, 0) is 6.92 Å². The third kappa shape index (κ3) is 2.29. The van der Waals surface area contributed by atoms with E-state index in [9.17, 15) is 9.59 Å². The first-order valence-corrected chi connectivity index (χ1v) is 5.42. The van der Waals surface area contributed by atoms with E-state index in [0.29, 0.717) is 18.9 Å². The molecule has 0 aliphatic heterocycles. The van der Waals surface area contributed by atoms with Crippen molar-refractivity contribution in [3.05, 3.63) is 46.4 Å². The van der Waals surface area contributed by atoms with E-state index in [1.54, 1.807) is 9.25 Å². The molecule has 94 valence electrons. The van der Waals surface area contributed by atoms with Gasteiger partial charge in [0.1, 0.15) is 17.7 Å². The minimum absolute atomic E-state index is 0.250. The number of aromatic nitrogens is 4. The molecule has 0 radical (unpaired) electrons. The standard InChI is InChI=1S/C11H12N4O3/c1-2-15-10(12-7-13-15)6-14-4-3-9(16)8(5-14)11(17)18/h3-5,7H,2,6H2,1H3,(H,17,18). The molecule has 2 rings (SSSR count). The van der Waals surface area contributed by atoms with Crippen molar-refractivity contribution in [1.29, 1.82) is 0 Å². The molecule has 0 saturated heterocycles. The lowest BCUT2D eigenvalue weighted by Gasteiger charge is -2.07. The van der Waals surface area contributed by atoms with Crippen LogP contribution in [0.25, 0.3) is 0 Å². The van der Waals surface area contributed by atoms with Crippen LogP contribution in [-0.2, 0) is 13.1 Å². The van der Waals surface area contributed by atoms with Crippen LogP contribution in [0.3, 0.4) is 0 Å². The van der Waals surface area contributed by atoms with E-state index < -0.39 is 11.4 Å². The number of pyridine rings is 1. The van der Waals surface area contributed by atoms with Gasteiger partial charge in [-0.15, -0.1) is 0 Å². The Morgan fingerprint density at radius 1 is 1.50 bits per heavy atom. The Labute approximate surface area is 102 Å². The van der Waals surface area contributed by atoms with Crippen LogP contribution < -0.4 is 5.43 Å². The molecule has 7 nitrogen and oxygen atoms in total. The molecule has 0 atom stereocenters. The van der Waals surface area contributed by atoms with Crippen LogP contribution in [-0.4, -0.2) is 30.4 Å². The highest BCUT2D eigenvalue weighted by molar-refractivity contribution is 5.86. The molecule has 0 amide bonds. The zero-order valence-electron chi connectivity index (χ0n) is 9.78. The molecule has 0 bridgehead atoms. The first-order chi connectivity index (χ1) is 8.61. The molecule has 0 aliphatic rings. The van der Waals surface area contributed by atoms with E-state index in [0.717, 1.165) is 0 Å². The summed E-state index contributed by atoms with van der Waals surface area (Å²) < 4.78 is 3.31. The van der Waals surface area contributed by atoms with Gasteiger partial charge in [-0.2, -0.15) is 5.10 Å². The highest BCUT2D eigenvalue weighted by atomic mass is 16.4. The molecule has 18 heavy (non-hydrogen) atoms. The minimum atomic E-state index is -1.23. The van der Waals surface area contributed by atoms with Crippen molar-refractivity contribution in [2.75, 3.05) is 0 Å². The van der Waals surface area contributed by atoms with Crippen LogP contribution in [0.1, 0.15) is 23.1 Å². The first-order valence-electron chi connectivity index (χ1n) is 5.42. The second-order valence-electron chi connectivity index (χ2n) is 3.69. The molecule has 0 unspecified atom stereocenters. The summed E-state index contributed by atoms with van der Waals surface area (Å²) in [7, 11) is 0. The Morgan fingerprint density at radius 3 is 2.94 bits per heavy atom. The predicted octanol–water partition coefficient (Wildman–Crippen LogP) is 0.206. The molecule has 0 fully saturated rings. The number of carbonyl (C=O) groups is 1. The average molecular weight is 248 g/mol. The van der Waals surface area contributed by atoms with Crippen molar-refractivity contribution in [3.63, 3.8) is 0 Å². The van der Waals surface area contributed by atoms with Crippen molar-refractivity contribution < 1.29 is 9.90 Å². The normalized spacial score (nSPS) is 10.5. The fourth-order valence-corrected chi connectivity index (χ4v) is 1.62. The molecule has 2 aromatic heterocycles. The number of aromatic carboxylic acids is 1. The van der Waals surface area contributed by atoms with Gasteiger partial charge >= 0.3 is 5.97 Å². The van der Waals surface area contributed by atoms with E-state index in [4.69, 9.17) is 5.11 Å². The predicted molar refractivity (Wildman–Crippen MR) is 62.5 cm³/mol. The third-order valence-corrected chi connectivity index (χ3v) is 2.53. The molecule has 0 aliphatic carbocycles. The Hall–Kier alpha value is -2.44. The second kappa shape index (κ2) is 4.82. The number of hydrogen-bond donors (Lipinski definition) is 1. The first kappa shape index (κ1) is 12.0. The van der Waals surface area contributed by atoms with E-state index in [1.807, 2.05) is 6.92 Å². The van der Waals surface area contributed by atoms with E-state index in [2.05, 4.69) is 10.1 Å². The molecule has 2 aromatic rings. The molecule has 7 heteroatoms. The lowest BCUT2D eigenvalue weighted by Crippen LogP contribution is -2.18. The Balaban J connectivity index is 2.33. The van der Waals surface area contributed by atoms with Gasteiger partial charge in [0, 0.05) is 25.0 Å². The highest BCUT2D eigenvalue weighted by Gasteiger charge is 2.09. The second-order valence-corrected chi connectivity index (χ2v) is 3.69. The quantitative estimate of drug-likeness (QED) is 0.835. The van der Waals surface area contributed by atoms with E-state index in [1.165, 1.54) is 24.8 Å². The summed E-state index contributed by atoms with van der Waals surface area (Å²) in [6, 6.07) is 1.23. The lowest BCUT2D eigenvalue weighted by atomic mass is 10.3. The topological polar surface area (TPSA) is 90.0 Å². The molecular formula is C11H12N4O3. The van der Waals surface area contributed by atoms with Gasteiger partial charge in [-0.3, -0.25) is 4.79 Å². The molecular weight excluding hydrogens is 236 g/mol. The van der Waals surface area contributed by atoms with Gasteiger partial charge in [0.15, 0.2) is 5.43 Å². The maximum atomic E-state index is 11.3. The minimum Gasteiger partial charge on any atom is -0.477 e. The Kier molecular flexibility index (Phi) is 3.22. The Bertz CT molecular complexity index is 629. The zero-order valence-corrected chi connectivity index (χ0v) is 9.78. The largest absolute Gasteiger partial charge is 0.477 e. The number of hydrogen-bond acceptors (Lipinski definition) is 4. The molecule has 2 heterocycles. The summed E-state index contributed by atoms with van der Waals surface area (Å²) >= 11 is 0. The molecule has 1 N–H and O–H groups in total. The fourth-order valence-electron chi connectivity index (χ4n) is 1.62. The van der Waals surface area contributed by atoms with Gasteiger partial charge in [-0.1, -0.05) is 0 Å². The SMILES string of the molecule is CCn1ncnc1Cn1ccc(=O)c(C(=O)O)c1. The number of carboxylic acids is 1. The average Bonchev–Trinajstić information content (AvgIpc) is 2.78. The van der Waals surface area contributed by atoms with Crippen LogP contribution in [0.5, 0.6) is 0 Å². The van der Waals surface area contributed by atoms with Crippen LogP contribution >= 0.6 is 0 Å². The molecule has 0 saturated carbocycles. The van der Waals surface area contributed by atoms with E-state index >= 15 is 0 Å². The van der Waals surface area contributed by atoms with Crippen molar-refractivity contribution in [1.82, 2.24) is 19.3 Å².